The van der Waals surface area contributed by atoms with E-state index in [1.807, 2.05) is 0 Å². The summed E-state index contributed by atoms with van der Waals surface area (Å²) in [7, 11) is 0. The van der Waals surface area contributed by atoms with Crippen LogP contribution in [0.5, 0.6) is 0 Å². The van der Waals surface area contributed by atoms with Gasteiger partial charge in [0.2, 0.25) is 0 Å². The Morgan fingerprint density at radius 2 is 1.61 bits per heavy atom. The van der Waals surface area contributed by atoms with Crippen molar-refractivity contribution < 1.29 is 24.3 Å². The minimum Gasteiger partial charge on any atom is -0.465 e. The number of ketones is 1. The van der Waals surface area contributed by atoms with E-state index >= 15 is 0 Å². The maximum atomic E-state index is 12.7. The van der Waals surface area contributed by atoms with Crippen molar-refractivity contribution in [2.45, 2.75) is 0 Å². The van der Waals surface area contributed by atoms with E-state index in [1.54, 1.807) is 18.2 Å². The normalized spacial score (nSPS) is 13.0. The molecular formula is C16H10N2O5. The standard InChI is InChI=1S/C16H10N2O5/c19-13-10-6-2-4-8-12(10)18(15(13)21)14(20)9-5-1-3-7-11(9)17-16(22)23/h1-8,17H,(H,22,23). The van der Waals surface area contributed by atoms with Gasteiger partial charge in [0.15, 0.2) is 0 Å². The molecule has 3 amide bonds. The van der Waals surface area contributed by atoms with Crippen molar-refractivity contribution in [3.63, 3.8) is 0 Å². The third-order valence-electron chi connectivity index (χ3n) is 3.39. The monoisotopic (exact) mass is 310 g/mol. The van der Waals surface area contributed by atoms with Gasteiger partial charge in [-0.3, -0.25) is 19.7 Å². The van der Waals surface area contributed by atoms with Gasteiger partial charge in [-0.15, -0.1) is 0 Å². The van der Waals surface area contributed by atoms with Crippen LogP contribution in [-0.2, 0) is 4.79 Å². The molecule has 0 fully saturated rings. The third kappa shape index (κ3) is 2.34. The van der Waals surface area contributed by atoms with Gasteiger partial charge < -0.3 is 5.11 Å². The van der Waals surface area contributed by atoms with Crippen molar-refractivity contribution in [1.82, 2.24) is 0 Å². The van der Waals surface area contributed by atoms with Crippen molar-refractivity contribution in [3.8, 4) is 0 Å². The molecule has 0 bridgehead atoms. The number of nitrogens with one attached hydrogen (secondary N) is 1. The van der Waals surface area contributed by atoms with E-state index in [0.717, 1.165) is 4.90 Å². The fraction of sp³-hybridized carbons (Fsp3) is 0. The molecule has 1 heterocycles. The molecule has 3 rings (SSSR count). The highest BCUT2D eigenvalue weighted by Gasteiger charge is 2.40. The molecule has 1 aliphatic rings. The zero-order valence-corrected chi connectivity index (χ0v) is 11.6. The summed E-state index contributed by atoms with van der Waals surface area (Å²) in [5.41, 5.74) is 0.356. The average Bonchev–Trinajstić information content (AvgIpc) is 2.79. The van der Waals surface area contributed by atoms with Crippen molar-refractivity contribution in [1.29, 1.82) is 0 Å². The number of imide groups is 1. The highest BCUT2D eigenvalue weighted by atomic mass is 16.4. The number of carbonyl (C=O) groups is 4. The zero-order chi connectivity index (χ0) is 16.6. The molecular weight excluding hydrogens is 300 g/mol. The number of amides is 3. The molecule has 0 aromatic heterocycles. The first-order valence-electron chi connectivity index (χ1n) is 6.62. The molecule has 2 aromatic rings. The summed E-state index contributed by atoms with van der Waals surface area (Å²) < 4.78 is 0. The smallest absolute Gasteiger partial charge is 0.409 e. The van der Waals surface area contributed by atoms with Crippen LogP contribution in [0.2, 0.25) is 0 Å². The van der Waals surface area contributed by atoms with Gasteiger partial charge in [0.25, 0.3) is 11.7 Å². The molecule has 7 heteroatoms. The molecule has 23 heavy (non-hydrogen) atoms. The lowest BCUT2D eigenvalue weighted by Crippen LogP contribution is -2.36. The number of hydrogen-bond donors (Lipinski definition) is 2. The molecule has 114 valence electrons. The number of anilines is 2. The van der Waals surface area contributed by atoms with Crippen LogP contribution in [0.1, 0.15) is 20.7 Å². The molecule has 0 atom stereocenters. The zero-order valence-electron chi connectivity index (χ0n) is 11.6. The minimum absolute atomic E-state index is 0.0206. The summed E-state index contributed by atoms with van der Waals surface area (Å²) >= 11 is 0. The molecule has 7 nitrogen and oxygen atoms in total. The van der Waals surface area contributed by atoms with E-state index < -0.39 is 23.7 Å². The Labute approximate surface area is 130 Å². The Kier molecular flexibility index (Phi) is 3.38. The predicted molar refractivity (Wildman–Crippen MR) is 80.7 cm³/mol. The van der Waals surface area contributed by atoms with Gasteiger partial charge in [0.1, 0.15) is 0 Å². The van der Waals surface area contributed by atoms with E-state index in [-0.39, 0.29) is 22.5 Å². The van der Waals surface area contributed by atoms with Crippen LogP contribution in [-0.4, -0.2) is 28.8 Å². The lowest BCUT2D eigenvalue weighted by Gasteiger charge is -2.16. The number of nitrogens with zero attached hydrogens (tertiary/aromatic N) is 1. The molecule has 2 N–H and O–H groups in total. The Morgan fingerprint density at radius 3 is 2.35 bits per heavy atom. The van der Waals surface area contributed by atoms with Crippen molar-refractivity contribution in [3.05, 3.63) is 59.7 Å². The van der Waals surface area contributed by atoms with Crippen LogP contribution in [0.4, 0.5) is 16.2 Å². The molecule has 0 radical (unpaired) electrons. The number of hydrogen-bond acceptors (Lipinski definition) is 4. The molecule has 2 aromatic carbocycles. The van der Waals surface area contributed by atoms with E-state index in [4.69, 9.17) is 5.11 Å². The summed E-state index contributed by atoms with van der Waals surface area (Å²) in [6, 6.07) is 12.0. The largest absolute Gasteiger partial charge is 0.465 e. The summed E-state index contributed by atoms with van der Waals surface area (Å²) in [6.07, 6.45) is -1.34. The van der Waals surface area contributed by atoms with Gasteiger partial charge in [0, 0.05) is 0 Å². The lowest BCUT2D eigenvalue weighted by molar-refractivity contribution is -0.113. The van der Waals surface area contributed by atoms with Gasteiger partial charge in [0.05, 0.1) is 22.5 Å². The number of rotatable bonds is 2. The second kappa shape index (κ2) is 5.38. The minimum atomic E-state index is -1.34. The lowest BCUT2D eigenvalue weighted by atomic mass is 10.1. The fourth-order valence-electron chi connectivity index (χ4n) is 2.40. The SMILES string of the molecule is O=C(O)Nc1ccccc1C(=O)N1C(=O)C(=O)c2ccccc21. The summed E-state index contributed by atoms with van der Waals surface area (Å²) in [5, 5.41) is 10.9. The van der Waals surface area contributed by atoms with Gasteiger partial charge in [-0.25, -0.2) is 9.69 Å². The van der Waals surface area contributed by atoms with Crippen molar-refractivity contribution >= 4 is 35.1 Å². The molecule has 0 unspecified atom stereocenters. The quantitative estimate of drug-likeness (QED) is 0.653. The number of fused-ring (bicyclic) bond motifs is 1. The fourth-order valence-corrected chi connectivity index (χ4v) is 2.40. The Morgan fingerprint density at radius 1 is 0.957 bits per heavy atom. The van der Waals surface area contributed by atoms with Crippen LogP contribution in [0.3, 0.4) is 0 Å². The van der Waals surface area contributed by atoms with Gasteiger partial charge in [-0.2, -0.15) is 0 Å². The van der Waals surface area contributed by atoms with E-state index in [2.05, 4.69) is 5.32 Å². The highest BCUT2D eigenvalue weighted by molar-refractivity contribution is 6.57. The Hall–Kier alpha value is -3.48. The van der Waals surface area contributed by atoms with Crippen LogP contribution >= 0.6 is 0 Å². The number of carboxylic acid groups (broad SMARTS) is 1. The first-order valence-corrected chi connectivity index (χ1v) is 6.62. The number of benzene rings is 2. The highest BCUT2D eigenvalue weighted by Crippen LogP contribution is 2.31. The molecule has 1 aliphatic heterocycles. The van der Waals surface area contributed by atoms with Crippen LogP contribution in [0, 0.1) is 0 Å². The van der Waals surface area contributed by atoms with Gasteiger partial charge in [-0.05, 0) is 24.3 Å². The van der Waals surface area contributed by atoms with Crippen LogP contribution < -0.4 is 10.2 Å². The van der Waals surface area contributed by atoms with E-state index in [1.165, 1.54) is 30.3 Å². The molecule has 0 aliphatic carbocycles. The van der Waals surface area contributed by atoms with Crippen LogP contribution in [0.25, 0.3) is 0 Å². The maximum Gasteiger partial charge on any atom is 0.409 e. The van der Waals surface area contributed by atoms with E-state index in [9.17, 15) is 19.2 Å². The Balaban J connectivity index is 2.07. The first-order chi connectivity index (χ1) is 11.0. The average molecular weight is 310 g/mol. The first kappa shape index (κ1) is 14.5. The van der Waals surface area contributed by atoms with Gasteiger partial charge in [-0.1, -0.05) is 24.3 Å². The number of Topliss-reactive ketones (excluding diaryl/α,β-unsaturated/α-hetero) is 1. The summed E-state index contributed by atoms with van der Waals surface area (Å²) in [4.78, 5) is 48.4. The Bertz CT molecular complexity index is 859. The van der Waals surface area contributed by atoms with Crippen molar-refractivity contribution in [2.75, 3.05) is 10.2 Å². The summed E-state index contributed by atoms with van der Waals surface area (Å²) in [5.74, 6) is -2.49. The second-order valence-electron chi connectivity index (χ2n) is 4.77. The molecule has 0 spiro atoms. The predicted octanol–water partition coefficient (Wildman–Crippen LogP) is 2.15. The van der Waals surface area contributed by atoms with Crippen LogP contribution in [0.15, 0.2) is 48.5 Å². The maximum absolute atomic E-state index is 12.7. The third-order valence-corrected chi connectivity index (χ3v) is 3.39. The van der Waals surface area contributed by atoms with Gasteiger partial charge >= 0.3 is 12.0 Å². The summed E-state index contributed by atoms with van der Waals surface area (Å²) in [6.45, 7) is 0. The molecule has 0 saturated heterocycles. The molecule has 0 saturated carbocycles. The second-order valence-corrected chi connectivity index (χ2v) is 4.77. The van der Waals surface area contributed by atoms with E-state index in [0.29, 0.717) is 0 Å². The van der Waals surface area contributed by atoms with Crippen molar-refractivity contribution in [2.24, 2.45) is 0 Å². The number of carbonyl (C=O) groups excluding carboxylic acids is 3. The number of para-hydroxylation sites is 2. The topological polar surface area (TPSA) is 104 Å².